The van der Waals surface area contributed by atoms with Crippen molar-refractivity contribution in [3.8, 4) is 0 Å². The van der Waals surface area contributed by atoms with E-state index in [4.69, 9.17) is 0 Å². The van der Waals surface area contributed by atoms with Crippen LogP contribution in [0.3, 0.4) is 0 Å². The number of nitro benzene ring substituents is 1. The molecule has 108 valence electrons. The molecule has 1 aliphatic rings. The van der Waals surface area contributed by atoms with Crippen molar-refractivity contribution in [3.63, 3.8) is 0 Å². The third-order valence-electron chi connectivity index (χ3n) is 3.83. The molecule has 1 atom stereocenters. The third-order valence-corrected chi connectivity index (χ3v) is 3.83. The second-order valence-corrected chi connectivity index (χ2v) is 5.31. The summed E-state index contributed by atoms with van der Waals surface area (Å²) in [6, 6.07) is 12.0. The summed E-state index contributed by atoms with van der Waals surface area (Å²) in [6.45, 7) is 1.22. The highest BCUT2D eigenvalue weighted by atomic mass is 19.1. The van der Waals surface area contributed by atoms with Gasteiger partial charge in [0.15, 0.2) is 0 Å². The van der Waals surface area contributed by atoms with E-state index >= 15 is 0 Å². The molecule has 0 amide bonds. The van der Waals surface area contributed by atoms with Crippen LogP contribution in [0.2, 0.25) is 0 Å². The summed E-state index contributed by atoms with van der Waals surface area (Å²) in [5, 5.41) is 13.9. The number of non-ortho nitro benzene ring substituents is 1. The molecule has 2 aromatic rings. The number of fused-ring (bicyclic) bond motifs is 1. The molecule has 0 heterocycles. The van der Waals surface area contributed by atoms with Crippen LogP contribution < -0.4 is 5.32 Å². The second kappa shape index (κ2) is 5.61. The van der Waals surface area contributed by atoms with Gasteiger partial charge in [0.05, 0.1) is 11.0 Å². The lowest BCUT2D eigenvalue weighted by molar-refractivity contribution is -0.385. The highest BCUT2D eigenvalue weighted by Gasteiger charge is 2.24. The highest BCUT2D eigenvalue weighted by molar-refractivity contribution is 5.40. The largest absolute Gasteiger partial charge is 0.312 e. The van der Waals surface area contributed by atoms with E-state index in [-0.39, 0.29) is 5.69 Å². The number of hydrogen-bond acceptors (Lipinski definition) is 3. The Morgan fingerprint density at radius 1 is 1.29 bits per heavy atom. The Labute approximate surface area is 121 Å². The first kappa shape index (κ1) is 13.7. The summed E-state index contributed by atoms with van der Waals surface area (Å²) in [5.74, 6) is -0.0975. The molecule has 1 unspecified atom stereocenters. The quantitative estimate of drug-likeness (QED) is 0.678. The van der Waals surface area contributed by atoms with Crippen LogP contribution in [0.4, 0.5) is 10.1 Å². The molecule has 5 heteroatoms. The molecule has 0 aliphatic heterocycles. The van der Waals surface area contributed by atoms with Crippen LogP contribution in [0, 0.1) is 15.9 Å². The monoisotopic (exact) mass is 286 g/mol. The average molecular weight is 286 g/mol. The zero-order valence-corrected chi connectivity index (χ0v) is 11.4. The Hall–Kier alpha value is -2.27. The fraction of sp³-hybridized carbons (Fsp3) is 0.250. The van der Waals surface area contributed by atoms with Crippen molar-refractivity contribution in [1.29, 1.82) is 0 Å². The van der Waals surface area contributed by atoms with E-state index in [1.807, 2.05) is 12.1 Å². The van der Waals surface area contributed by atoms with Gasteiger partial charge in [-0.25, -0.2) is 4.39 Å². The summed E-state index contributed by atoms with van der Waals surface area (Å²) in [5.41, 5.74) is 3.12. The van der Waals surface area contributed by atoms with Crippen LogP contribution in [-0.2, 0) is 13.0 Å². The fourth-order valence-electron chi connectivity index (χ4n) is 2.78. The SMILES string of the molecule is O=[N+]([O-])c1cc(F)cc(CNCC2Cc3ccccc32)c1. The fourth-order valence-corrected chi connectivity index (χ4v) is 2.78. The van der Waals surface area contributed by atoms with Crippen LogP contribution in [0.5, 0.6) is 0 Å². The van der Waals surface area contributed by atoms with E-state index < -0.39 is 10.7 Å². The van der Waals surface area contributed by atoms with E-state index in [1.54, 1.807) is 0 Å². The van der Waals surface area contributed by atoms with Gasteiger partial charge in [-0.1, -0.05) is 24.3 Å². The number of rotatable bonds is 5. The number of benzene rings is 2. The van der Waals surface area contributed by atoms with Crippen LogP contribution in [0.15, 0.2) is 42.5 Å². The summed E-state index contributed by atoms with van der Waals surface area (Å²) in [4.78, 5) is 10.1. The van der Waals surface area contributed by atoms with E-state index in [1.165, 1.54) is 23.3 Å². The van der Waals surface area contributed by atoms with Gasteiger partial charge in [-0.2, -0.15) is 0 Å². The lowest BCUT2D eigenvalue weighted by Gasteiger charge is -2.30. The van der Waals surface area contributed by atoms with Gasteiger partial charge >= 0.3 is 0 Å². The van der Waals surface area contributed by atoms with Crippen LogP contribution in [0.25, 0.3) is 0 Å². The minimum atomic E-state index is -0.575. The van der Waals surface area contributed by atoms with Gasteiger partial charge in [0.2, 0.25) is 0 Å². The molecule has 0 saturated carbocycles. The topological polar surface area (TPSA) is 55.2 Å². The van der Waals surface area contributed by atoms with Crippen molar-refractivity contribution < 1.29 is 9.31 Å². The first-order chi connectivity index (χ1) is 10.1. The number of halogens is 1. The first-order valence-electron chi connectivity index (χ1n) is 6.86. The Morgan fingerprint density at radius 3 is 2.86 bits per heavy atom. The van der Waals surface area contributed by atoms with Crippen molar-refractivity contribution >= 4 is 5.69 Å². The maximum atomic E-state index is 13.3. The van der Waals surface area contributed by atoms with Crippen molar-refractivity contribution in [2.45, 2.75) is 18.9 Å². The van der Waals surface area contributed by atoms with Crippen LogP contribution in [-0.4, -0.2) is 11.5 Å². The van der Waals surface area contributed by atoms with Gasteiger partial charge in [-0.05, 0) is 29.2 Å². The zero-order valence-electron chi connectivity index (χ0n) is 11.4. The number of hydrogen-bond donors (Lipinski definition) is 1. The van der Waals surface area contributed by atoms with Gasteiger partial charge < -0.3 is 5.32 Å². The third kappa shape index (κ3) is 2.92. The van der Waals surface area contributed by atoms with E-state index in [0.29, 0.717) is 18.0 Å². The molecule has 21 heavy (non-hydrogen) atoms. The maximum absolute atomic E-state index is 13.3. The summed E-state index contributed by atoms with van der Waals surface area (Å²) >= 11 is 0. The van der Waals surface area contributed by atoms with E-state index in [9.17, 15) is 14.5 Å². The molecule has 0 radical (unpaired) electrons. The second-order valence-electron chi connectivity index (χ2n) is 5.31. The number of nitro groups is 1. The first-order valence-corrected chi connectivity index (χ1v) is 6.86. The van der Waals surface area contributed by atoms with Crippen molar-refractivity contribution in [1.82, 2.24) is 5.32 Å². The predicted molar refractivity (Wildman–Crippen MR) is 77.6 cm³/mol. The van der Waals surface area contributed by atoms with Crippen molar-refractivity contribution in [2.24, 2.45) is 0 Å². The minimum Gasteiger partial charge on any atom is -0.312 e. The Bertz CT molecular complexity index is 688. The molecule has 0 bridgehead atoms. The molecule has 0 spiro atoms. The van der Waals surface area contributed by atoms with Gasteiger partial charge in [-0.3, -0.25) is 10.1 Å². The lowest BCUT2D eigenvalue weighted by atomic mass is 9.77. The molecule has 2 aromatic carbocycles. The summed E-state index contributed by atoms with van der Waals surface area (Å²) in [7, 11) is 0. The van der Waals surface area contributed by atoms with Crippen LogP contribution >= 0.6 is 0 Å². The predicted octanol–water partition coefficient (Wildman–Crippen LogP) is 3.16. The average Bonchev–Trinajstić information content (AvgIpc) is 2.43. The Morgan fingerprint density at radius 2 is 2.10 bits per heavy atom. The van der Waals surface area contributed by atoms with Crippen molar-refractivity contribution in [3.05, 3.63) is 75.1 Å². The van der Waals surface area contributed by atoms with Gasteiger partial charge in [0.1, 0.15) is 5.82 Å². The number of nitrogens with one attached hydrogen (secondary N) is 1. The molecule has 4 nitrogen and oxygen atoms in total. The Kier molecular flexibility index (Phi) is 3.66. The summed E-state index contributed by atoms with van der Waals surface area (Å²) in [6.07, 6.45) is 1.05. The van der Waals surface area contributed by atoms with E-state index in [0.717, 1.165) is 19.0 Å². The smallest absolute Gasteiger partial charge is 0.272 e. The molecule has 1 aliphatic carbocycles. The molecule has 0 fully saturated rings. The molecule has 0 saturated heterocycles. The van der Waals surface area contributed by atoms with Gasteiger partial charge in [0.25, 0.3) is 5.69 Å². The highest BCUT2D eigenvalue weighted by Crippen LogP contribution is 2.34. The van der Waals surface area contributed by atoms with Crippen molar-refractivity contribution in [2.75, 3.05) is 6.54 Å². The normalized spacial score (nSPS) is 16.1. The van der Waals surface area contributed by atoms with Gasteiger partial charge in [0, 0.05) is 25.1 Å². The maximum Gasteiger partial charge on any atom is 0.272 e. The number of nitrogens with zero attached hydrogens (tertiary/aromatic N) is 1. The van der Waals surface area contributed by atoms with Gasteiger partial charge in [-0.15, -0.1) is 0 Å². The zero-order chi connectivity index (χ0) is 14.8. The van der Waals surface area contributed by atoms with E-state index in [2.05, 4.69) is 17.4 Å². The molecular formula is C16H15FN2O2. The molecule has 1 N–H and O–H groups in total. The minimum absolute atomic E-state index is 0.208. The molecule has 0 aromatic heterocycles. The molecular weight excluding hydrogens is 271 g/mol. The lowest BCUT2D eigenvalue weighted by Crippen LogP contribution is -2.28. The summed E-state index contributed by atoms with van der Waals surface area (Å²) < 4.78 is 13.3. The van der Waals surface area contributed by atoms with Crippen LogP contribution in [0.1, 0.15) is 22.6 Å². The Balaban J connectivity index is 1.58. The standard InChI is InChI=1S/C16H15FN2O2/c17-14-5-11(6-15(8-14)19(20)21)9-18-10-13-7-12-3-1-2-4-16(12)13/h1-6,8,13,18H,7,9-10H2. The molecule has 3 rings (SSSR count).